The molecule has 4 rings (SSSR count). The predicted octanol–water partition coefficient (Wildman–Crippen LogP) is 4.72. The fourth-order valence-electron chi connectivity index (χ4n) is 2.32. The number of hydrogen-bond acceptors (Lipinski definition) is 4. The normalized spacial score (nSPS) is 13.6. The Kier molecular flexibility index (Phi) is 3.97. The molecule has 4 nitrogen and oxygen atoms in total. The van der Waals surface area contributed by atoms with Crippen molar-refractivity contribution in [2.75, 3.05) is 5.75 Å². The minimum Gasteiger partial charge on any atom is -0.187 e. The van der Waals surface area contributed by atoms with Crippen molar-refractivity contribution in [1.82, 2.24) is 14.9 Å². The van der Waals surface area contributed by atoms with Crippen molar-refractivity contribution in [3.8, 4) is 11.4 Å². The van der Waals surface area contributed by atoms with Crippen molar-refractivity contribution in [2.24, 2.45) is 5.10 Å². The molecule has 0 saturated heterocycles. The zero-order valence-corrected chi connectivity index (χ0v) is 14.9. The van der Waals surface area contributed by atoms with Crippen LogP contribution in [0.15, 0.2) is 63.3 Å². The molecule has 7 heteroatoms. The van der Waals surface area contributed by atoms with Crippen molar-refractivity contribution < 1.29 is 0 Å². The molecular formula is C16H10BrClN4S. The molecule has 0 unspecified atom stereocenters. The number of fused-ring (bicyclic) bond motifs is 1. The molecule has 0 saturated carbocycles. The Hall–Kier alpha value is -1.63. The summed E-state index contributed by atoms with van der Waals surface area (Å²) >= 11 is 11.1. The molecule has 114 valence electrons. The number of nitrogens with zero attached hydrogens (tertiary/aromatic N) is 4. The van der Waals surface area contributed by atoms with Crippen molar-refractivity contribution in [1.29, 1.82) is 0 Å². The Bertz CT molecular complexity index is 905. The Labute approximate surface area is 150 Å². The molecule has 2 aromatic carbocycles. The Morgan fingerprint density at radius 1 is 1.04 bits per heavy atom. The number of thioether (sulfide) groups is 1. The topological polar surface area (TPSA) is 43.1 Å². The highest BCUT2D eigenvalue weighted by molar-refractivity contribution is 9.10. The number of rotatable bonds is 2. The van der Waals surface area contributed by atoms with Crippen LogP contribution in [0.2, 0.25) is 5.02 Å². The van der Waals surface area contributed by atoms with E-state index in [0.29, 0.717) is 5.02 Å². The SMILES string of the molecule is Clc1ccc(-c2nnc3n2N=C(c2cccc(Br)c2)CS3)cc1. The van der Waals surface area contributed by atoms with Gasteiger partial charge >= 0.3 is 0 Å². The summed E-state index contributed by atoms with van der Waals surface area (Å²) in [6, 6.07) is 15.7. The quantitative estimate of drug-likeness (QED) is 0.619. The van der Waals surface area contributed by atoms with E-state index in [1.165, 1.54) is 0 Å². The van der Waals surface area contributed by atoms with Gasteiger partial charge in [0, 0.05) is 20.8 Å². The Morgan fingerprint density at radius 2 is 1.87 bits per heavy atom. The lowest BCUT2D eigenvalue weighted by molar-refractivity contribution is 0.762. The van der Waals surface area contributed by atoms with Gasteiger partial charge in [0.05, 0.1) is 5.71 Å². The summed E-state index contributed by atoms with van der Waals surface area (Å²) in [5.41, 5.74) is 3.03. The highest BCUT2D eigenvalue weighted by Gasteiger charge is 2.20. The van der Waals surface area contributed by atoms with E-state index in [1.807, 2.05) is 36.4 Å². The molecule has 3 aromatic rings. The molecule has 0 N–H and O–H groups in total. The second-order valence-electron chi connectivity index (χ2n) is 4.97. The van der Waals surface area contributed by atoms with Gasteiger partial charge in [-0.05, 0) is 42.0 Å². The van der Waals surface area contributed by atoms with Crippen LogP contribution in [0.4, 0.5) is 0 Å². The van der Waals surface area contributed by atoms with Crippen LogP contribution in [0.1, 0.15) is 5.56 Å². The lowest BCUT2D eigenvalue weighted by Gasteiger charge is -2.14. The molecule has 0 bridgehead atoms. The van der Waals surface area contributed by atoms with E-state index in [9.17, 15) is 0 Å². The summed E-state index contributed by atoms with van der Waals surface area (Å²) in [6.45, 7) is 0. The second-order valence-corrected chi connectivity index (χ2v) is 7.27. The number of halogens is 2. The van der Waals surface area contributed by atoms with Gasteiger partial charge in [-0.25, -0.2) is 0 Å². The van der Waals surface area contributed by atoms with Gasteiger partial charge in [0.15, 0.2) is 5.82 Å². The van der Waals surface area contributed by atoms with Gasteiger partial charge in [0.2, 0.25) is 5.16 Å². The maximum Gasteiger partial charge on any atom is 0.212 e. The first-order valence-corrected chi connectivity index (χ1v) is 9.04. The zero-order chi connectivity index (χ0) is 15.8. The molecule has 1 aliphatic heterocycles. The maximum absolute atomic E-state index is 5.96. The summed E-state index contributed by atoms with van der Waals surface area (Å²) in [5, 5.41) is 14.7. The molecule has 0 amide bonds. The standard InChI is InChI=1S/C16H10BrClN4S/c17-12-3-1-2-11(8-12)14-9-23-16-20-19-15(22(16)21-14)10-4-6-13(18)7-5-10/h1-8H,9H2. The van der Waals surface area contributed by atoms with E-state index >= 15 is 0 Å². The molecule has 0 radical (unpaired) electrons. The molecular weight excluding hydrogens is 396 g/mol. The number of aromatic nitrogens is 3. The first kappa shape index (κ1) is 14.9. The van der Waals surface area contributed by atoms with Gasteiger partial charge in [-0.15, -0.1) is 10.2 Å². The van der Waals surface area contributed by atoms with Crippen LogP contribution in [0.25, 0.3) is 11.4 Å². The first-order valence-electron chi connectivity index (χ1n) is 6.89. The third kappa shape index (κ3) is 2.94. The highest BCUT2D eigenvalue weighted by atomic mass is 79.9. The molecule has 2 heterocycles. The monoisotopic (exact) mass is 404 g/mol. The van der Waals surface area contributed by atoms with Crippen molar-refractivity contribution in [2.45, 2.75) is 5.16 Å². The van der Waals surface area contributed by atoms with E-state index in [1.54, 1.807) is 16.4 Å². The maximum atomic E-state index is 5.96. The first-order chi connectivity index (χ1) is 11.2. The zero-order valence-electron chi connectivity index (χ0n) is 11.8. The van der Waals surface area contributed by atoms with Crippen LogP contribution >= 0.6 is 39.3 Å². The van der Waals surface area contributed by atoms with E-state index in [2.05, 4.69) is 38.3 Å². The summed E-state index contributed by atoms with van der Waals surface area (Å²) in [4.78, 5) is 0. The van der Waals surface area contributed by atoms with Crippen LogP contribution in [0.3, 0.4) is 0 Å². The van der Waals surface area contributed by atoms with E-state index in [0.717, 1.165) is 38.0 Å². The third-order valence-corrected chi connectivity index (χ3v) is 5.11. The Balaban J connectivity index is 1.79. The lowest BCUT2D eigenvalue weighted by atomic mass is 10.1. The van der Waals surface area contributed by atoms with Crippen molar-refractivity contribution >= 4 is 45.0 Å². The fraction of sp³-hybridized carbons (Fsp3) is 0.0625. The van der Waals surface area contributed by atoms with Gasteiger partial charge in [-0.2, -0.15) is 9.78 Å². The van der Waals surface area contributed by atoms with Gasteiger partial charge in [-0.1, -0.05) is 51.4 Å². The molecule has 0 aliphatic carbocycles. The minimum absolute atomic E-state index is 0.694. The summed E-state index contributed by atoms with van der Waals surface area (Å²) in [6.07, 6.45) is 0. The van der Waals surface area contributed by atoms with Gasteiger partial charge < -0.3 is 0 Å². The summed E-state index contributed by atoms with van der Waals surface area (Å²) in [5.74, 6) is 1.49. The van der Waals surface area contributed by atoms with Crippen molar-refractivity contribution in [3.63, 3.8) is 0 Å². The molecule has 0 atom stereocenters. The fourth-order valence-corrected chi connectivity index (χ4v) is 3.68. The average Bonchev–Trinajstić information content (AvgIpc) is 2.99. The van der Waals surface area contributed by atoms with Crippen LogP contribution in [-0.4, -0.2) is 26.3 Å². The van der Waals surface area contributed by atoms with Gasteiger partial charge in [0.1, 0.15) is 0 Å². The molecule has 23 heavy (non-hydrogen) atoms. The van der Waals surface area contributed by atoms with Crippen molar-refractivity contribution in [3.05, 3.63) is 63.6 Å². The molecule has 1 aliphatic rings. The van der Waals surface area contributed by atoms with Gasteiger partial charge in [0.25, 0.3) is 0 Å². The van der Waals surface area contributed by atoms with E-state index < -0.39 is 0 Å². The highest BCUT2D eigenvalue weighted by Crippen LogP contribution is 2.29. The van der Waals surface area contributed by atoms with Crippen LogP contribution in [-0.2, 0) is 0 Å². The average molecular weight is 406 g/mol. The summed E-state index contributed by atoms with van der Waals surface area (Å²) in [7, 11) is 0. The van der Waals surface area contributed by atoms with Gasteiger partial charge in [-0.3, -0.25) is 0 Å². The number of benzene rings is 2. The van der Waals surface area contributed by atoms with E-state index in [-0.39, 0.29) is 0 Å². The van der Waals surface area contributed by atoms with Crippen LogP contribution < -0.4 is 0 Å². The largest absolute Gasteiger partial charge is 0.212 e. The molecule has 0 fully saturated rings. The number of hydrogen-bond donors (Lipinski definition) is 0. The van der Waals surface area contributed by atoms with E-state index in [4.69, 9.17) is 16.7 Å². The molecule has 0 spiro atoms. The third-order valence-electron chi connectivity index (χ3n) is 3.43. The molecule has 1 aromatic heterocycles. The smallest absolute Gasteiger partial charge is 0.187 e. The Morgan fingerprint density at radius 3 is 2.65 bits per heavy atom. The summed E-state index contributed by atoms with van der Waals surface area (Å²) < 4.78 is 2.84. The minimum atomic E-state index is 0.694. The predicted molar refractivity (Wildman–Crippen MR) is 97.3 cm³/mol. The van der Waals surface area contributed by atoms with Crippen LogP contribution in [0.5, 0.6) is 0 Å². The van der Waals surface area contributed by atoms with Crippen LogP contribution in [0, 0.1) is 0 Å². The second kappa shape index (κ2) is 6.11. The lowest BCUT2D eigenvalue weighted by Crippen LogP contribution is -2.13.